The molecule has 4 aromatic carbocycles. The lowest BCUT2D eigenvalue weighted by Gasteiger charge is -2.19. The summed E-state index contributed by atoms with van der Waals surface area (Å²) in [6.45, 7) is 3.53. The number of carbonyl (C=O) groups excluding carboxylic acids is 1. The van der Waals surface area contributed by atoms with Crippen molar-refractivity contribution in [3.05, 3.63) is 112 Å². The first-order valence-electron chi connectivity index (χ1n) is 12.5. The molecule has 40 heavy (non-hydrogen) atoms. The van der Waals surface area contributed by atoms with Crippen molar-refractivity contribution in [2.75, 3.05) is 7.11 Å². The molecule has 0 saturated heterocycles. The van der Waals surface area contributed by atoms with Crippen LogP contribution in [0.25, 0.3) is 21.7 Å². The van der Waals surface area contributed by atoms with Gasteiger partial charge in [-0.2, -0.15) is 4.72 Å². The summed E-state index contributed by atoms with van der Waals surface area (Å²) in [4.78, 5) is 26.3. The molecule has 0 radical (unpaired) electrons. The van der Waals surface area contributed by atoms with E-state index < -0.39 is 27.7 Å². The molecular weight excluding hydrogens is 530 g/mol. The number of methoxy groups -OCH3 is 1. The number of hydrogen-bond donors (Lipinski definition) is 1. The minimum absolute atomic E-state index is 0.0381. The predicted molar refractivity (Wildman–Crippen MR) is 152 cm³/mol. The van der Waals surface area contributed by atoms with E-state index in [0.29, 0.717) is 27.5 Å². The number of sulfonamides is 1. The van der Waals surface area contributed by atoms with E-state index in [1.54, 1.807) is 61.5 Å². The van der Waals surface area contributed by atoms with E-state index in [1.807, 2.05) is 25.1 Å². The lowest BCUT2D eigenvalue weighted by atomic mass is 10.0. The summed E-state index contributed by atoms with van der Waals surface area (Å²) in [6.07, 6.45) is 0.0684. The van der Waals surface area contributed by atoms with Crippen molar-refractivity contribution in [1.29, 1.82) is 0 Å². The average Bonchev–Trinajstić information content (AvgIpc) is 2.95. The highest BCUT2D eigenvalue weighted by Crippen LogP contribution is 2.32. The van der Waals surface area contributed by atoms with Gasteiger partial charge in [0.25, 0.3) is 0 Å². The van der Waals surface area contributed by atoms with Gasteiger partial charge < -0.3 is 13.9 Å². The molecule has 5 aromatic rings. The summed E-state index contributed by atoms with van der Waals surface area (Å²) >= 11 is 0. The minimum atomic E-state index is -4.04. The molecule has 9 heteroatoms. The summed E-state index contributed by atoms with van der Waals surface area (Å²) in [5, 5.41) is 1.70. The van der Waals surface area contributed by atoms with Crippen LogP contribution in [-0.4, -0.2) is 27.5 Å². The maximum atomic E-state index is 13.5. The maximum Gasteiger partial charge on any atom is 0.344 e. The number of nitrogens with one attached hydrogen (secondary N) is 1. The topological polar surface area (TPSA) is 112 Å². The molecule has 0 aliphatic rings. The monoisotopic (exact) mass is 557 g/mol. The molecule has 0 spiro atoms. The molecular formula is C31H27NO7S. The minimum Gasteiger partial charge on any atom is -0.497 e. The molecule has 0 saturated carbocycles. The Hall–Kier alpha value is -4.47. The van der Waals surface area contributed by atoms with Crippen molar-refractivity contribution in [3.63, 3.8) is 0 Å². The van der Waals surface area contributed by atoms with Gasteiger partial charge in [0.05, 0.1) is 17.4 Å². The molecule has 1 unspecified atom stereocenters. The normalized spacial score (nSPS) is 12.4. The van der Waals surface area contributed by atoms with Crippen LogP contribution in [0.15, 0.2) is 99.0 Å². The molecule has 0 aliphatic carbocycles. The largest absolute Gasteiger partial charge is 0.497 e. The van der Waals surface area contributed by atoms with Crippen molar-refractivity contribution in [1.82, 2.24) is 4.72 Å². The molecule has 1 aromatic heterocycles. The fourth-order valence-electron chi connectivity index (χ4n) is 4.50. The number of hydrogen-bond acceptors (Lipinski definition) is 7. The average molecular weight is 558 g/mol. The molecule has 1 heterocycles. The Morgan fingerprint density at radius 3 is 2.30 bits per heavy atom. The first-order valence-corrected chi connectivity index (χ1v) is 14.0. The highest BCUT2D eigenvalue weighted by molar-refractivity contribution is 7.89. The van der Waals surface area contributed by atoms with Crippen molar-refractivity contribution >= 4 is 37.7 Å². The second-order valence-corrected chi connectivity index (χ2v) is 11.2. The van der Waals surface area contributed by atoms with Crippen LogP contribution < -0.4 is 19.8 Å². The van der Waals surface area contributed by atoms with Gasteiger partial charge in [-0.3, -0.25) is 0 Å². The fraction of sp³-hybridized carbons (Fsp3) is 0.161. The van der Waals surface area contributed by atoms with E-state index in [1.165, 1.54) is 19.2 Å². The van der Waals surface area contributed by atoms with Crippen molar-refractivity contribution in [2.45, 2.75) is 31.2 Å². The molecule has 0 fully saturated rings. The number of rotatable bonds is 8. The summed E-state index contributed by atoms with van der Waals surface area (Å²) in [5.74, 6) is -0.116. The van der Waals surface area contributed by atoms with Gasteiger partial charge in [-0.05, 0) is 68.3 Å². The van der Waals surface area contributed by atoms with Crippen LogP contribution in [-0.2, 0) is 21.2 Å². The summed E-state index contributed by atoms with van der Waals surface area (Å²) in [7, 11) is -2.52. The van der Waals surface area contributed by atoms with Crippen molar-refractivity contribution in [2.24, 2.45) is 0 Å². The first-order chi connectivity index (χ1) is 19.2. The highest BCUT2D eigenvalue weighted by Gasteiger charge is 2.28. The molecule has 0 aliphatic heterocycles. The molecule has 0 amide bonds. The molecule has 5 rings (SSSR count). The van der Waals surface area contributed by atoms with E-state index in [0.717, 1.165) is 11.1 Å². The zero-order valence-corrected chi connectivity index (χ0v) is 22.9. The predicted octanol–water partition coefficient (Wildman–Crippen LogP) is 5.07. The Morgan fingerprint density at radius 2 is 1.60 bits per heavy atom. The Labute approximate surface area is 231 Å². The van der Waals surface area contributed by atoms with Gasteiger partial charge in [-0.15, -0.1) is 0 Å². The molecule has 1 N–H and O–H groups in total. The van der Waals surface area contributed by atoms with Crippen LogP contribution in [0.5, 0.6) is 11.5 Å². The zero-order chi connectivity index (χ0) is 28.4. The van der Waals surface area contributed by atoms with E-state index in [4.69, 9.17) is 13.9 Å². The fourth-order valence-corrected chi connectivity index (χ4v) is 5.69. The van der Waals surface area contributed by atoms with Crippen LogP contribution in [0.1, 0.15) is 16.7 Å². The third kappa shape index (κ3) is 5.47. The smallest absolute Gasteiger partial charge is 0.344 e. The van der Waals surface area contributed by atoms with E-state index >= 15 is 0 Å². The second kappa shape index (κ2) is 11.0. The van der Waals surface area contributed by atoms with Crippen molar-refractivity contribution < 1.29 is 27.1 Å². The number of esters is 1. The summed E-state index contributed by atoms with van der Waals surface area (Å²) < 4.78 is 45.4. The van der Waals surface area contributed by atoms with Gasteiger partial charge in [0.1, 0.15) is 23.1 Å². The maximum absolute atomic E-state index is 13.5. The Balaban J connectivity index is 1.49. The zero-order valence-electron chi connectivity index (χ0n) is 22.1. The van der Waals surface area contributed by atoms with Crippen molar-refractivity contribution in [3.8, 4) is 11.5 Å². The van der Waals surface area contributed by atoms with Gasteiger partial charge >= 0.3 is 11.6 Å². The molecule has 8 nitrogen and oxygen atoms in total. The lowest BCUT2D eigenvalue weighted by molar-refractivity contribution is -0.136. The van der Waals surface area contributed by atoms with E-state index in [9.17, 15) is 18.0 Å². The molecule has 0 bridgehead atoms. The lowest BCUT2D eigenvalue weighted by Crippen LogP contribution is -2.44. The van der Waals surface area contributed by atoms with Gasteiger partial charge in [0.15, 0.2) is 0 Å². The number of ether oxygens (including phenoxy) is 2. The Bertz CT molecular complexity index is 1880. The molecule has 204 valence electrons. The van der Waals surface area contributed by atoms with E-state index in [2.05, 4.69) is 4.72 Å². The first kappa shape index (κ1) is 27.1. The van der Waals surface area contributed by atoms with Crippen LogP contribution in [0.3, 0.4) is 0 Å². The second-order valence-electron chi connectivity index (χ2n) is 9.46. The number of aryl methyl sites for hydroxylation is 2. The van der Waals surface area contributed by atoms with Gasteiger partial charge in [0.2, 0.25) is 10.0 Å². The van der Waals surface area contributed by atoms with Gasteiger partial charge in [-0.25, -0.2) is 18.0 Å². The number of carbonyl (C=O) groups is 1. The third-order valence-corrected chi connectivity index (χ3v) is 8.18. The SMILES string of the molecule is COc1ccc2c(c1)c(=O)oc1c(C)c(OC(=O)C(Cc3ccccc3)NS(=O)(=O)c3ccc(C)cc3)ccc12. The van der Waals surface area contributed by atoms with Crippen LogP contribution >= 0.6 is 0 Å². The molecule has 1 atom stereocenters. The van der Waals surface area contributed by atoms with Crippen LogP contribution in [0.4, 0.5) is 0 Å². The van der Waals surface area contributed by atoms with Gasteiger partial charge in [-0.1, -0.05) is 48.0 Å². The quantitative estimate of drug-likeness (QED) is 0.123. The van der Waals surface area contributed by atoms with E-state index in [-0.39, 0.29) is 22.6 Å². The standard InChI is InChI=1S/C31H27NO7S/c1-19-9-12-23(13-10-19)40(35,36)32-27(17-21-7-5-4-6-8-21)31(34)38-28-16-15-25-24-14-11-22(37-3)18-26(24)30(33)39-29(25)20(28)2/h4-16,18,27,32H,17H2,1-3H3. The summed E-state index contributed by atoms with van der Waals surface area (Å²) in [6, 6.07) is 22.6. The third-order valence-electron chi connectivity index (χ3n) is 6.69. The van der Waals surface area contributed by atoms with Crippen LogP contribution in [0.2, 0.25) is 0 Å². The highest BCUT2D eigenvalue weighted by atomic mass is 32.2. The summed E-state index contributed by atoms with van der Waals surface area (Å²) in [5.41, 5.74) is 1.80. The van der Waals surface area contributed by atoms with Gasteiger partial charge in [0, 0.05) is 16.3 Å². The number of benzene rings is 4. The Kier molecular flexibility index (Phi) is 7.42. The van der Waals surface area contributed by atoms with Crippen LogP contribution in [0, 0.1) is 13.8 Å². The Morgan fingerprint density at radius 1 is 0.900 bits per heavy atom. The number of fused-ring (bicyclic) bond motifs is 3.